The first-order chi connectivity index (χ1) is 9.63. The monoisotopic (exact) mass is 267 g/mol. The van der Waals surface area contributed by atoms with Gasteiger partial charge in [0.1, 0.15) is 11.2 Å². The number of nitrogens with zero attached hydrogens (tertiary/aromatic N) is 3. The van der Waals surface area contributed by atoms with Gasteiger partial charge in [-0.1, -0.05) is 32.0 Å². The number of aromatic nitrogens is 4. The van der Waals surface area contributed by atoms with Crippen LogP contribution in [0.3, 0.4) is 0 Å². The number of H-pyrrole nitrogens is 1. The van der Waals surface area contributed by atoms with E-state index in [9.17, 15) is 0 Å². The van der Waals surface area contributed by atoms with Gasteiger partial charge in [-0.05, 0) is 24.0 Å². The van der Waals surface area contributed by atoms with Crippen molar-refractivity contribution in [3.63, 3.8) is 0 Å². The van der Waals surface area contributed by atoms with E-state index >= 15 is 0 Å². The average molecular weight is 267 g/mol. The second-order valence-electron chi connectivity index (χ2n) is 5.33. The summed E-state index contributed by atoms with van der Waals surface area (Å²) in [5, 5.41) is 0. The van der Waals surface area contributed by atoms with Gasteiger partial charge in [0.2, 0.25) is 5.95 Å². The molecule has 0 spiro atoms. The number of nitrogens with one attached hydrogen (secondary N) is 1. The van der Waals surface area contributed by atoms with Crippen molar-refractivity contribution in [3.8, 4) is 11.3 Å². The minimum Gasteiger partial charge on any atom is -0.368 e. The number of imidazole rings is 1. The summed E-state index contributed by atoms with van der Waals surface area (Å²) in [5.74, 6) is 0.863. The van der Waals surface area contributed by atoms with Gasteiger partial charge in [0.15, 0.2) is 5.65 Å². The molecule has 0 fully saturated rings. The lowest BCUT2D eigenvalue weighted by Gasteiger charge is -2.08. The van der Waals surface area contributed by atoms with Crippen molar-refractivity contribution in [1.29, 1.82) is 0 Å². The topological polar surface area (TPSA) is 80.5 Å². The van der Waals surface area contributed by atoms with Gasteiger partial charge in [-0.25, -0.2) is 9.97 Å². The molecule has 0 aliphatic heterocycles. The van der Waals surface area contributed by atoms with E-state index < -0.39 is 0 Å². The summed E-state index contributed by atoms with van der Waals surface area (Å²) in [6.07, 6.45) is 2.65. The molecule has 3 aromatic rings. The molecule has 3 N–H and O–H groups in total. The molecule has 0 amide bonds. The molecule has 102 valence electrons. The average Bonchev–Trinajstić information content (AvgIpc) is 2.85. The first kappa shape index (κ1) is 12.6. The largest absolute Gasteiger partial charge is 0.368 e. The number of nitrogen functional groups attached to an aromatic ring is 1. The van der Waals surface area contributed by atoms with Crippen molar-refractivity contribution < 1.29 is 0 Å². The summed E-state index contributed by atoms with van der Waals surface area (Å²) in [6.45, 7) is 4.42. The summed E-state index contributed by atoms with van der Waals surface area (Å²) >= 11 is 0. The molecular weight excluding hydrogens is 250 g/mol. The number of hydrogen-bond acceptors (Lipinski definition) is 4. The zero-order chi connectivity index (χ0) is 14.1. The number of benzene rings is 1. The zero-order valence-corrected chi connectivity index (χ0v) is 11.6. The van der Waals surface area contributed by atoms with E-state index in [-0.39, 0.29) is 5.95 Å². The van der Waals surface area contributed by atoms with E-state index in [2.05, 4.69) is 45.9 Å². The van der Waals surface area contributed by atoms with E-state index in [1.807, 2.05) is 12.1 Å². The van der Waals surface area contributed by atoms with Crippen molar-refractivity contribution in [3.05, 3.63) is 36.2 Å². The molecule has 0 atom stereocenters. The summed E-state index contributed by atoms with van der Waals surface area (Å²) in [5.41, 5.74) is 10.3. The molecule has 0 saturated carbocycles. The molecule has 5 nitrogen and oxygen atoms in total. The molecule has 0 saturated heterocycles. The molecule has 0 aliphatic rings. The Kier molecular flexibility index (Phi) is 3.10. The molecule has 1 aromatic carbocycles. The van der Waals surface area contributed by atoms with Crippen LogP contribution in [0.15, 0.2) is 30.6 Å². The lowest BCUT2D eigenvalue weighted by Crippen LogP contribution is -1.99. The van der Waals surface area contributed by atoms with Crippen LogP contribution >= 0.6 is 0 Å². The third-order valence-corrected chi connectivity index (χ3v) is 3.15. The lowest BCUT2D eigenvalue weighted by atomic mass is 10.00. The van der Waals surface area contributed by atoms with Crippen LogP contribution in [0.25, 0.3) is 22.4 Å². The standard InChI is InChI=1S/C15H17N5/c1-9(2)6-10-4-3-5-11(7-10)12-13-14(18-8-17-13)20-15(16)19-12/h3-5,7-9H,6H2,1-2H3,(H3,16,17,18,19,20). The maximum atomic E-state index is 5.76. The van der Waals surface area contributed by atoms with Gasteiger partial charge in [-0.2, -0.15) is 4.98 Å². The smallest absolute Gasteiger partial charge is 0.222 e. The third-order valence-electron chi connectivity index (χ3n) is 3.15. The highest BCUT2D eigenvalue weighted by Gasteiger charge is 2.11. The fraction of sp³-hybridized carbons (Fsp3) is 0.267. The minimum atomic E-state index is 0.244. The van der Waals surface area contributed by atoms with Gasteiger partial charge in [0, 0.05) is 5.56 Å². The van der Waals surface area contributed by atoms with Crippen LogP contribution in [0.5, 0.6) is 0 Å². The summed E-state index contributed by atoms with van der Waals surface area (Å²) in [4.78, 5) is 15.7. The van der Waals surface area contributed by atoms with Gasteiger partial charge in [-0.15, -0.1) is 0 Å². The molecule has 5 heteroatoms. The maximum absolute atomic E-state index is 5.76. The number of anilines is 1. The predicted molar refractivity (Wildman–Crippen MR) is 80.1 cm³/mol. The number of aromatic amines is 1. The van der Waals surface area contributed by atoms with Crippen LogP contribution in [0, 0.1) is 5.92 Å². The Morgan fingerprint density at radius 3 is 2.90 bits per heavy atom. The molecule has 20 heavy (non-hydrogen) atoms. The van der Waals surface area contributed by atoms with Gasteiger partial charge in [-0.3, -0.25) is 0 Å². The normalized spacial score (nSPS) is 11.3. The van der Waals surface area contributed by atoms with E-state index in [0.717, 1.165) is 23.2 Å². The first-order valence-electron chi connectivity index (χ1n) is 6.69. The number of rotatable bonds is 3. The summed E-state index contributed by atoms with van der Waals surface area (Å²) in [7, 11) is 0. The highest BCUT2D eigenvalue weighted by atomic mass is 15.1. The molecule has 0 unspecified atom stereocenters. The summed E-state index contributed by atoms with van der Waals surface area (Å²) < 4.78 is 0. The molecular formula is C15H17N5. The Bertz CT molecular complexity index is 745. The zero-order valence-electron chi connectivity index (χ0n) is 11.6. The van der Waals surface area contributed by atoms with Crippen LogP contribution in [0.1, 0.15) is 19.4 Å². The SMILES string of the molecule is CC(C)Cc1cccc(-c2nc(N)nc3nc[nH]c23)c1. The van der Waals surface area contributed by atoms with E-state index in [1.54, 1.807) is 6.33 Å². The molecule has 2 aromatic heterocycles. The maximum Gasteiger partial charge on any atom is 0.222 e. The van der Waals surface area contributed by atoms with Crippen LogP contribution in [-0.4, -0.2) is 19.9 Å². The Balaban J connectivity index is 2.13. The lowest BCUT2D eigenvalue weighted by molar-refractivity contribution is 0.647. The fourth-order valence-electron chi connectivity index (χ4n) is 2.38. The fourth-order valence-corrected chi connectivity index (χ4v) is 2.38. The van der Waals surface area contributed by atoms with E-state index in [0.29, 0.717) is 11.6 Å². The first-order valence-corrected chi connectivity index (χ1v) is 6.69. The second-order valence-corrected chi connectivity index (χ2v) is 5.33. The number of fused-ring (bicyclic) bond motifs is 1. The van der Waals surface area contributed by atoms with Crippen LogP contribution < -0.4 is 5.73 Å². The van der Waals surface area contributed by atoms with Crippen LogP contribution in [0.4, 0.5) is 5.95 Å². The van der Waals surface area contributed by atoms with Gasteiger partial charge >= 0.3 is 0 Å². The van der Waals surface area contributed by atoms with Gasteiger partial charge in [0.05, 0.1) is 6.33 Å². The molecule has 3 rings (SSSR count). The molecule has 2 heterocycles. The van der Waals surface area contributed by atoms with Crippen LogP contribution in [0.2, 0.25) is 0 Å². The van der Waals surface area contributed by atoms with Crippen molar-refractivity contribution in [1.82, 2.24) is 19.9 Å². The third kappa shape index (κ3) is 2.34. The highest BCUT2D eigenvalue weighted by Crippen LogP contribution is 2.25. The van der Waals surface area contributed by atoms with Gasteiger partial charge in [0.25, 0.3) is 0 Å². The highest BCUT2D eigenvalue weighted by molar-refractivity contribution is 5.87. The summed E-state index contributed by atoms with van der Waals surface area (Å²) in [6, 6.07) is 8.37. The Hall–Kier alpha value is -2.43. The molecule has 0 bridgehead atoms. The number of hydrogen-bond donors (Lipinski definition) is 2. The van der Waals surface area contributed by atoms with E-state index in [4.69, 9.17) is 5.73 Å². The second kappa shape index (κ2) is 4.92. The Labute approximate surface area is 117 Å². The minimum absolute atomic E-state index is 0.244. The van der Waals surface area contributed by atoms with Crippen molar-refractivity contribution in [2.75, 3.05) is 5.73 Å². The number of nitrogens with two attached hydrogens (primary N) is 1. The predicted octanol–water partition coefficient (Wildman–Crippen LogP) is 2.80. The quantitative estimate of drug-likeness (QED) is 0.764. The Morgan fingerprint density at radius 2 is 2.10 bits per heavy atom. The molecule has 0 aliphatic carbocycles. The Morgan fingerprint density at radius 1 is 1.25 bits per heavy atom. The van der Waals surface area contributed by atoms with Crippen molar-refractivity contribution in [2.24, 2.45) is 5.92 Å². The van der Waals surface area contributed by atoms with Crippen molar-refractivity contribution >= 4 is 17.1 Å². The van der Waals surface area contributed by atoms with Crippen molar-refractivity contribution in [2.45, 2.75) is 20.3 Å². The van der Waals surface area contributed by atoms with Gasteiger partial charge < -0.3 is 10.7 Å². The van der Waals surface area contributed by atoms with Crippen LogP contribution in [-0.2, 0) is 6.42 Å². The van der Waals surface area contributed by atoms with E-state index in [1.165, 1.54) is 5.56 Å². The molecule has 0 radical (unpaired) electrons.